The van der Waals surface area contributed by atoms with Crippen molar-refractivity contribution in [3.63, 3.8) is 0 Å². The van der Waals surface area contributed by atoms with Crippen LogP contribution in [0.3, 0.4) is 0 Å². The number of nitrogens with zero attached hydrogens (tertiary/aromatic N) is 2. The van der Waals surface area contributed by atoms with E-state index in [9.17, 15) is 14.4 Å². The Labute approximate surface area is 178 Å². The van der Waals surface area contributed by atoms with Gasteiger partial charge in [0.05, 0.1) is 16.7 Å². The molecular weight excluding hydrogens is 400 g/mol. The number of fused-ring (bicyclic) bond motifs is 1. The molecule has 7 nitrogen and oxygen atoms in total. The fourth-order valence-electron chi connectivity index (χ4n) is 2.91. The summed E-state index contributed by atoms with van der Waals surface area (Å²) in [5.41, 5.74) is 1.40. The summed E-state index contributed by atoms with van der Waals surface area (Å²) in [5, 5.41) is 5.97. The lowest BCUT2D eigenvalue weighted by molar-refractivity contribution is -0.117. The first-order valence-electron chi connectivity index (χ1n) is 9.75. The lowest BCUT2D eigenvalue weighted by atomic mass is 10.2. The van der Waals surface area contributed by atoms with Crippen LogP contribution in [0.25, 0.3) is 10.9 Å². The number of amides is 3. The number of aromatic nitrogens is 2. The van der Waals surface area contributed by atoms with Crippen molar-refractivity contribution in [2.75, 3.05) is 5.75 Å². The van der Waals surface area contributed by atoms with Crippen molar-refractivity contribution in [1.29, 1.82) is 0 Å². The quantitative estimate of drug-likeness (QED) is 0.447. The Morgan fingerprint density at radius 2 is 1.80 bits per heavy atom. The molecule has 3 aromatic rings. The van der Waals surface area contributed by atoms with Gasteiger partial charge in [0.1, 0.15) is 0 Å². The lowest BCUT2D eigenvalue weighted by Gasteiger charge is -2.18. The number of rotatable bonds is 7. The number of imide groups is 1. The standard InChI is InChI=1S/C22H24N4O3S/c1-3-15(2)26-20(28)17-11-7-8-12-18(17)24-22(26)30-14-19(27)25-21(29)23-13-16-9-5-4-6-10-16/h4-12,15H,3,13-14H2,1-2H3,(H2,23,25,27,29). The van der Waals surface area contributed by atoms with Crippen LogP contribution in [0.15, 0.2) is 64.5 Å². The van der Waals surface area contributed by atoms with Crippen molar-refractivity contribution >= 4 is 34.6 Å². The van der Waals surface area contributed by atoms with Crippen molar-refractivity contribution in [2.45, 2.75) is 38.0 Å². The monoisotopic (exact) mass is 424 g/mol. The molecule has 0 spiro atoms. The molecule has 3 amide bonds. The summed E-state index contributed by atoms with van der Waals surface area (Å²) >= 11 is 1.14. The van der Waals surface area contributed by atoms with Crippen LogP contribution in [0, 0.1) is 0 Å². The first-order valence-corrected chi connectivity index (χ1v) is 10.7. The molecule has 2 aromatic carbocycles. The number of thioether (sulfide) groups is 1. The summed E-state index contributed by atoms with van der Waals surface area (Å²) < 4.78 is 1.62. The van der Waals surface area contributed by atoms with E-state index in [1.54, 1.807) is 22.8 Å². The van der Waals surface area contributed by atoms with Gasteiger partial charge in [-0.25, -0.2) is 9.78 Å². The fraction of sp³-hybridized carbons (Fsp3) is 0.273. The van der Waals surface area contributed by atoms with Gasteiger partial charge in [-0.05, 0) is 31.0 Å². The molecular formula is C22H24N4O3S. The van der Waals surface area contributed by atoms with E-state index < -0.39 is 11.9 Å². The maximum Gasteiger partial charge on any atom is 0.321 e. The number of carbonyl (C=O) groups is 2. The highest BCUT2D eigenvalue weighted by atomic mass is 32.2. The van der Waals surface area contributed by atoms with Crippen LogP contribution in [0.1, 0.15) is 31.9 Å². The SMILES string of the molecule is CCC(C)n1c(SCC(=O)NC(=O)NCc2ccccc2)nc2ccccc2c1=O. The van der Waals surface area contributed by atoms with E-state index >= 15 is 0 Å². The summed E-state index contributed by atoms with van der Waals surface area (Å²) in [7, 11) is 0. The first-order chi connectivity index (χ1) is 14.5. The number of benzene rings is 2. The first kappa shape index (κ1) is 21.6. The molecule has 0 aliphatic carbocycles. The maximum absolute atomic E-state index is 12.9. The van der Waals surface area contributed by atoms with Gasteiger partial charge in [0.25, 0.3) is 5.56 Å². The van der Waals surface area contributed by atoms with Gasteiger partial charge in [-0.15, -0.1) is 0 Å². The average molecular weight is 425 g/mol. The molecule has 0 radical (unpaired) electrons. The van der Waals surface area contributed by atoms with Gasteiger partial charge in [0, 0.05) is 12.6 Å². The molecule has 0 fully saturated rings. The molecule has 1 heterocycles. The summed E-state index contributed by atoms with van der Waals surface area (Å²) in [6.45, 7) is 4.26. The van der Waals surface area contributed by atoms with Crippen molar-refractivity contribution in [3.05, 3.63) is 70.5 Å². The molecule has 0 saturated carbocycles. The van der Waals surface area contributed by atoms with Crippen molar-refractivity contribution in [1.82, 2.24) is 20.2 Å². The number of carbonyl (C=O) groups excluding carboxylic acids is 2. The fourth-order valence-corrected chi connectivity index (χ4v) is 3.81. The largest absolute Gasteiger partial charge is 0.334 e. The zero-order chi connectivity index (χ0) is 21.5. The van der Waals surface area contributed by atoms with Crippen LogP contribution in [0.2, 0.25) is 0 Å². The number of hydrogen-bond donors (Lipinski definition) is 2. The van der Waals surface area contributed by atoms with Crippen molar-refractivity contribution < 1.29 is 9.59 Å². The van der Waals surface area contributed by atoms with E-state index in [2.05, 4.69) is 15.6 Å². The van der Waals surface area contributed by atoms with Gasteiger partial charge in [-0.3, -0.25) is 19.5 Å². The summed E-state index contributed by atoms with van der Waals surface area (Å²) in [6.07, 6.45) is 0.752. The predicted octanol–water partition coefficient (Wildman–Crippen LogP) is 3.49. The van der Waals surface area contributed by atoms with E-state index in [0.717, 1.165) is 23.7 Å². The Hall–Kier alpha value is -3.13. The molecule has 0 aliphatic heterocycles. The number of para-hydroxylation sites is 1. The second kappa shape index (κ2) is 10.1. The van der Waals surface area contributed by atoms with E-state index in [1.807, 2.05) is 50.2 Å². The number of hydrogen-bond acceptors (Lipinski definition) is 5. The molecule has 1 unspecified atom stereocenters. The summed E-state index contributed by atoms with van der Waals surface area (Å²) in [5.74, 6) is -0.483. The van der Waals surface area contributed by atoms with Crippen LogP contribution in [-0.4, -0.2) is 27.2 Å². The van der Waals surface area contributed by atoms with Crippen LogP contribution in [-0.2, 0) is 11.3 Å². The van der Waals surface area contributed by atoms with Crippen molar-refractivity contribution in [3.8, 4) is 0 Å². The van der Waals surface area contributed by atoms with Crippen LogP contribution in [0.4, 0.5) is 4.79 Å². The Bertz CT molecular complexity index is 1100. The molecule has 1 atom stereocenters. The van der Waals surface area contributed by atoms with E-state index in [-0.39, 0.29) is 17.4 Å². The van der Waals surface area contributed by atoms with Gasteiger partial charge < -0.3 is 5.32 Å². The zero-order valence-corrected chi connectivity index (χ0v) is 17.7. The molecule has 1 aromatic heterocycles. The molecule has 0 bridgehead atoms. The second-order valence-electron chi connectivity index (χ2n) is 6.85. The molecule has 156 valence electrons. The number of urea groups is 1. The molecule has 8 heteroatoms. The Kier molecular flexibility index (Phi) is 7.24. The summed E-state index contributed by atoms with van der Waals surface area (Å²) in [6, 6.07) is 16.0. The third kappa shape index (κ3) is 5.27. The van der Waals surface area contributed by atoms with Gasteiger partial charge in [-0.2, -0.15) is 0 Å². The normalized spacial score (nSPS) is 11.8. The number of nitrogens with one attached hydrogen (secondary N) is 2. The van der Waals surface area contributed by atoms with Crippen LogP contribution in [0.5, 0.6) is 0 Å². The van der Waals surface area contributed by atoms with Gasteiger partial charge >= 0.3 is 6.03 Å². The lowest BCUT2D eigenvalue weighted by Crippen LogP contribution is -2.40. The van der Waals surface area contributed by atoms with Crippen LogP contribution < -0.4 is 16.2 Å². The molecule has 2 N–H and O–H groups in total. The maximum atomic E-state index is 12.9. The van der Waals surface area contributed by atoms with Gasteiger partial charge in [-0.1, -0.05) is 61.2 Å². The highest BCUT2D eigenvalue weighted by Gasteiger charge is 2.17. The molecule has 0 aliphatic rings. The summed E-state index contributed by atoms with van der Waals surface area (Å²) in [4.78, 5) is 41.7. The van der Waals surface area contributed by atoms with Gasteiger partial charge in [0.15, 0.2) is 5.16 Å². The van der Waals surface area contributed by atoms with Crippen LogP contribution >= 0.6 is 11.8 Å². The van der Waals surface area contributed by atoms with Crippen molar-refractivity contribution in [2.24, 2.45) is 0 Å². The highest BCUT2D eigenvalue weighted by molar-refractivity contribution is 7.99. The third-order valence-corrected chi connectivity index (χ3v) is 5.64. The minimum Gasteiger partial charge on any atom is -0.334 e. The molecule has 30 heavy (non-hydrogen) atoms. The average Bonchev–Trinajstić information content (AvgIpc) is 2.76. The third-order valence-electron chi connectivity index (χ3n) is 4.69. The minimum atomic E-state index is -0.560. The Balaban J connectivity index is 1.66. The van der Waals surface area contributed by atoms with Gasteiger partial charge in [0.2, 0.25) is 5.91 Å². The van der Waals surface area contributed by atoms with E-state index in [0.29, 0.717) is 22.6 Å². The highest BCUT2D eigenvalue weighted by Crippen LogP contribution is 2.22. The topological polar surface area (TPSA) is 93.1 Å². The Morgan fingerprint density at radius 3 is 2.53 bits per heavy atom. The smallest absolute Gasteiger partial charge is 0.321 e. The Morgan fingerprint density at radius 1 is 1.10 bits per heavy atom. The second-order valence-corrected chi connectivity index (χ2v) is 7.79. The predicted molar refractivity (Wildman–Crippen MR) is 119 cm³/mol. The van der Waals surface area contributed by atoms with E-state index in [4.69, 9.17) is 0 Å². The zero-order valence-electron chi connectivity index (χ0n) is 16.9. The molecule has 0 saturated heterocycles. The minimum absolute atomic E-state index is 0.0278. The van der Waals surface area contributed by atoms with E-state index in [1.165, 1.54) is 0 Å². The molecule has 3 rings (SSSR count).